The molecule has 0 aromatic carbocycles. The molecule has 1 aliphatic heterocycles. The molecule has 0 N–H and O–H groups in total. The van der Waals surface area contributed by atoms with E-state index in [-0.39, 0.29) is 5.54 Å². The van der Waals surface area contributed by atoms with Gasteiger partial charge in [0.05, 0.1) is 0 Å². The van der Waals surface area contributed by atoms with Crippen LogP contribution in [0.4, 0.5) is 0 Å². The highest BCUT2D eigenvalue weighted by Gasteiger charge is 2.43. The van der Waals surface area contributed by atoms with E-state index >= 15 is 0 Å². The second-order valence-corrected chi connectivity index (χ2v) is 5.32. The van der Waals surface area contributed by atoms with E-state index < -0.39 is 0 Å². The first-order valence-corrected chi connectivity index (χ1v) is 5.45. The summed E-state index contributed by atoms with van der Waals surface area (Å²) in [5, 5.41) is 0. The molecule has 1 rings (SSSR count). The lowest BCUT2D eigenvalue weighted by Gasteiger charge is -2.53. The van der Waals surface area contributed by atoms with E-state index in [4.69, 9.17) is 0 Å². The van der Waals surface area contributed by atoms with E-state index in [9.17, 15) is 4.79 Å². The molecule has 0 saturated carbocycles. The Bertz CT molecular complexity index is 208. The Hall–Kier alpha value is -0.370. The highest BCUT2D eigenvalue weighted by molar-refractivity contribution is 5.50. The van der Waals surface area contributed by atoms with E-state index in [1.807, 2.05) is 6.54 Å². The molecule has 14 heavy (non-hydrogen) atoms. The maximum Gasteiger partial charge on any atom is 0.121 e. The third kappa shape index (κ3) is 2.00. The Morgan fingerprint density at radius 1 is 1.29 bits per heavy atom. The second kappa shape index (κ2) is 4.01. The minimum atomic E-state index is 0.161. The van der Waals surface area contributed by atoms with Crippen LogP contribution in [-0.4, -0.2) is 23.3 Å². The van der Waals surface area contributed by atoms with E-state index in [1.165, 1.54) is 12.8 Å². The molecule has 0 unspecified atom stereocenters. The molecule has 2 nitrogen and oxygen atoms in total. The molecule has 0 bridgehead atoms. The molecular weight excluding hydrogens is 174 g/mol. The number of nitrogens with zero attached hydrogens (tertiary/aromatic N) is 1. The van der Waals surface area contributed by atoms with Crippen LogP contribution in [0.5, 0.6) is 0 Å². The predicted molar refractivity (Wildman–Crippen MR) is 58.8 cm³/mol. The van der Waals surface area contributed by atoms with Crippen molar-refractivity contribution in [3.05, 3.63) is 6.54 Å². The van der Waals surface area contributed by atoms with Crippen LogP contribution in [-0.2, 0) is 4.79 Å². The number of hydrogen-bond donors (Lipinski definition) is 0. The third-order valence-corrected chi connectivity index (χ3v) is 4.00. The Balaban J connectivity index is 2.70. The Morgan fingerprint density at radius 2 is 1.93 bits per heavy atom. The summed E-state index contributed by atoms with van der Waals surface area (Å²) in [4.78, 5) is 12.7. The van der Waals surface area contributed by atoms with Crippen molar-refractivity contribution in [2.45, 2.75) is 52.5 Å². The molecule has 1 saturated heterocycles. The summed E-state index contributed by atoms with van der Waals surface area (Å²) in [5.41, 5.74) is 0.485. The number of aldehydes is 1. The lowest BCUT2D eigenvalue weighted by Crippen LogP contribution is -2.56. The number of hydrogen-bond acceptors (Lipinski definition) is 2. The topological polar surface area (TPSA) is 20.3 Å². The highest BCUT2D eigenvalue weighted by atomic mass is 16.1. The summed E-state index contributed by atoms with van der Waals surface area (Å²) in [6.45, 7) is 12.3. The van der Waals surface area contributed by atoms with Crippen molar-refractivity contribution in [1.82, 2.24) is 4.90 Å². The molecule has 81 valence electrons. The smallest absolute Gasteiger partial charge is 0.121 e. The van der Waals surface area contributed by atoms with Crippen LogP contribution in [0.1, 0.15) is 47.0 Å². The molecule has 0 atom stereocenters. The van der Waals surface area contributed by atoms with Gasteiger partial charge in [-0.25, -0.2) is 0 Å². The quantitative estimate of drug-likeness (QED) is 0.647. The van der Waals surface area contributed by atoms with Gasteiger partial charge in [-0.3, -0.25) is 4.90 Å². The van der Waals surface area contributed by atoms with Crippen LogP contribution < -0.4 is 0 Å². The van der Waals surface area contributed by atoms with Crippen molar-refractivity contribution in [3.63, 3.8) is 0 Å². The van der Waals surface area contributed by atoms with Crippen LogP contribution in [0.25, 0.3) is 0 Å². The molecule has 0 aromatic rings. The number of likely N-dealkylation sites (tertiary alicyclic amines) is 1. The van der Waals surface area contributed by atoms with Crippen molar-refractivity contribution < 1.29 is 4.79 Å². The van der Waals surface area contributed by atoms with E-state index in [0.29, 0.717) is 11.8 Å². The number of carbonyl (C=O) groups excluding carboxylic acids is 1. The number of rotatable bonds is 3. The fourth-order valence-electron chi connectivity index (χ4n) is 2.16. The van der Waals surface area contributed by atoms with Crippen molar-refractivity contribution in [1.29, 1.82) is 0 Å². The summed E-state index contributed by atoms with van der Waals surface area (Å²) >= 11 is 0. The molecule has 1 radical (unpaired) electrons. The Morgan fingerprint density at radius 3 is 2.50 bits per heavy atom. The average Bonchev–Trinajstić information content (AvgIpc) is 2.08. The van der Waals surface area contributed by atoms with Crippen LogP contribution >= 0.6 is 0 Å². The van der Waals surface area contributed by atoms with Crippen molar-refractivity contribution in [3.8, 4) is 0 Å². The van der Waals surface area contributed by atoms with Crippen molar-refractivity contribution in [2.75, 3.05) is 6.54 Å². The standard InChI is InChI=1S/C12H22NO/c1-11(2)7-5-8-13(9-6-10-14)12(11,3)4/h9-10H,5-8H2,1-4H3. The number of carbonyl (C=O) groups is 1. The average molecular weight is 196 g/mol. The molecule has 1 heterocycles. The zero-order valence-electron chi connectivity index (χ0n) is 9.84. The van der Waals surface area contributed by atoms with E-state index in [2.05, 4.69) is 32.6 Å². The minimum absolute atomic E-state index is 0.161. The third-order valence-electron chi connectivity index (χ3n) is 4.00. The second-order valence-electron chi connectivity index (χ2n) is 5.32. The zero-order valence-corrected chi connectivity index (χ0v) is 9.84. The Kier molecular flexibility index (Phi) is 3.36. The first-order valence-electron chi connectivity index (χ1n) is 5.45. The number of piperidine rings is 1. The van der Waals surface area contributed by atoms with Gasteiger partial charge in [0.25, 0.3) is 0 Å². The largest absolute Gasteiger partial charge is 0.303 e. The molecule has 2 heteroatoms. The summed E-state index contributed by atoms with van der Waals surface area (Å²) < 4.78 is 0. The Labute approximate surface area is 87.7 Å². The molecule has 0 spiro atoms. The summed E-state index contributed by atoms with van der Waals surface area (Å²) in [7, 11) is 0. The summed E-state index contributed by atoms with van der Waals surface area (Å²) in [6.07, 6.45) is 4.01. The molecular formula is C12H22NO. The summed E-state index contributed by atoms with van der Waals surface area (Å²) in [6, 6.07) is 0. The first kappa shape index (κ1) is 11.7. The van der Waals surface area contributed by atoms with Gasteiger partial charge in [-0.15, -0.1) is 0 Å². The van der Waals surface area contributed by atoms with Gasteiger partial charge in [-0.2, -0.15) is 0 Å². The van der Waals surface area contributed by atoms with Gasteiger partial charge in [-0.1, -0.05) is 13.8 Å². The lowest BCUT2D eigenvalue weighted by molar-refractivity contribution is -0.108. The summed E-state index contributed by atoms with van der Waals surface area (Å²) in [5.74, 6) is 0. The van der Waals surface area contributed by atoms with E-state index in [1.54, 1.807) is 0 Å². The predicted octanol–water partition coefficient (Wildman–Crippen LogP) is 2.64. The minimum Gasteiger partial charge on any atom is -0.303 e. The van der Waals surface area contributed by atoms with Crippen LogP contribution in [0.3, 0.4) is 0 Å². The van der Waals surface area contributed by atoms with Gasteiger partial charge >= 0.3 is 0 Å². The normalized spacial score (nSPS) is 26.0. The van der Waals surface area contributed by atoms with Crippen LogP contribution in [0, 0.1) is 12.0 Å². The van der Waals surface area contributed by atoms with Crippen molar-refractivity contribution in [2.24, 2.45) is 5.41 Å². The van der Waals surface area contributed by atoms with Gasteiger partial charge < -0.3 is 4.79 Å². The molecule has 1 aliphatic rings. The van der Waals surface area contributed by atoms with Gasteiger partial charge in [0.15, 0.2) is 0 Å². The molecule has 0 amide bonds. The van der Waals surface area contributed by atoms with Crippen LogP contribution in [0.15, 0.2) is 0 Å². The highest BCUT2D eigenvalue weighted by Crippen LogP contribution is 2.43. The van der Waals surface area contributed by atoms with Gasteiger partial charge in [-0.05, 0) is 38.6 Å². The fraction of sp³-hybridized carbons (Fsp3) is 0.833. The molecule has 0 aliphatic carbocycles. The van der Waals surface area contributed by atoms with Gasteiger partial charge in [0.2, 0.25) is 0 Å². The van der Waals surface area contributed by atoms with Crippen LogP contribution in [0.2, 0.25) is 0 Å². The van der Waals surface area contributed by atoms with Gasteiger partial charge in [0, 0.05) is 18.5 Å². The molecule has 1 fully saturated rings. The SMILES string of the molecule is CC1(C)CCCN([CH]CC=O)C1(C)C. The fourth-order valence-corrected chi connectivity index (χ4v) is 2.16. The van der Waals surface area contributed by atoms with E-state index in [0.717, 1.165) is 12.8 Å². The zero-order chi connectivity index (χ0) is 10.8. The maximum absolute atomic E-state index is 10.4. The monoisotopic (exact) mass is 196 g/mol. The maximum atomic E-state index is 10.4. The lowest BCUT2D eigenvalue weighted by atomic mass is 9.68. The van der Waals surface area contributed by atoms with Gasteiger partial charge in [0.1, 0.15) is 6.29 Å². The first-order chi connectivity index (χ1) is 6.42. The molecule has 0 aromatic heterocycles. The van der Waals surface area contributed by atoms with Crippen molar-refractivity contribution >= 4 is 6.29 Å².